The Morgan fingerprint density at radius 2 is 2.10 bits per heavy atom. The Balaban J connectivity index is 2.73. The van der Waals surface area contributed by atoms with E-state index < -0.39 is 21.7 Å². The van der Waals surface area contributed by atoms with Gasteiger partial charge >= 0.3 is 5.97 Å². The molecule has 0 amide bonds. The number of benzene rings is 1. The molecule has 3 N–H and O–H groups in total. The maximum atomic E-state index is 11.7. The van der Waals surface area contributed by atoms with Crippen LogP contribution in [-0.2, 0) is 26.1 Å². The normalized spacial score (nSPS) is 10.6. The zero-order valence-corrected chi connectivity index (χ0v) is 12.6. The number of sulfonamides is 1. The van der Waals surface area contributed by atoms with Crippen LogP contribution in [0, 0.1) is 11.8 Å². The summed E-state index contributed by atoms with van der Waals surface area (Å²) in [6, 6.07) is 7.12. The molecule has 0 fully saturated rings. The number of esters is 1. The van der Waals surface area contributed by atoms with Crippen LogP contribution < -0.4 is 10.5 Å². The molecule has 21 heavy (non-hydrogen) atoms. The third kappa shape index (κ3) is 6.40. The van der Waals surface area contributed by atoms with E-state index in [1.54, 1.807) is 31.2 Å². The first-order valence-electron chi connectivity index (χ1n) is 6.38. The average molecular weight is 310 g/mol. The highest BCUT2D eigenvalue weighted by molar-refractivity contribution is 7.90. The standard InChI is InChI=1S/C14H18N2O4S/c1-2-20-14(17)11-21(18,19)16-10-13-7-4-3-6-12(13)8-5-9-15/h3-4,6-7,16H,2,9-11,15H2,1H3. The van der Waals surface area contributed by atoms with E-state index in [9.17, 15) is 13.2 Å². The van der Waals surface area contributed by atoms with Crippen LogP contribution in [0.1, 0.15) is 18.1 Å². The van der Waals surface area contributed by atoms with E-state index in [-0.39, 0.29) is 19.7 Å². The van der Waals surface area contributed by atoms with E-state index in [1.165, 1.54) is 0 Å². The van der Waals surface area contributed by atoms with E-state index in [0.717, 1.165) is 0 Å². The molecule has 1 rings (SSSR count). The molecule has 7 heteroatoms. The zero-order valence-electron chi connectivity index (χ0n) is 11.8. The van der Waals surface area contributed by atoms with Crippen molar-refractivity contribution in [1.29, 1.82) is 0 Å². The van der Waals surface area contributed by atoms with Gasteiger partial charge in [0, 0.05) is 12.1 Å². The van der Waals surface area contributed by atoms with Crippen molar-refractivity contribution in [3.05, 3.63) is 35.4 Å². The molecule has 0 radical (unpaired) electrons. The molecule has 0 aliphatic rings. The van der Waals surface area contributed by atoms with Gasteiger partial charge in [-0.15, -0.1) is 0 Å². The van der Waals surface area contributed by atoms with Crippen LogP contribution >= 0.6 is 0 Å². The fraction of sp³-hybridized carbons (Fsp3) is 0.357. The number of nitrogens with two attached hydrogens (primary N) is 1. The Morgan fingerprint density at radius 3 is 2.76 bits per heavy atom. The van der Waals surface area contributed by atoms with Crippen LogP contribution in [-0.4, -0.2) is 33.3 Å². The molecule has 6 nitrogen and oxygen atoms in total. The number of carbonyl (C=O) groups is 1. The molecule has 0 saturated carbocycles. The maximum Gasteiger partial charge on any atom is 0.322 e. The topological polar surface area (TPSA) is 98.5 Å². The highest BCUT2D eigenvalue weighted by atomic mass is 32.2. The van der Waals surface area contributed by atoms with Gasteiger partial charge in [0.15, 0.2) is 5.75 Å². The van der Waals surface area contributed by atoms with Crippen LogP contribution in [0.25, 0.3) is 0 Å². The lowest BCUT2D eigenvalue weighted by Gasteiger charge is -2.08. The van der Waals surface area contributed by atoms with Crippen LogP contribution in [0.2, 0.25) is 0 Å². The second-order valence-corrected chi connectivity index (χ2v) is 5.86. The van der Waals surface area contributed by atoms with Crippen molar-refractivity contribution < 1.29 is 17.9 Å². The van der Waals surface area contributed by atoms with Gasteiger partial charge in [-0.1, -0.05) is 30.0 Å². The lowest BCUT2D eigenvalue weighted by molar-refractivity contribution is -0.139. The van der Waals surface area contributed by atoms with Gasteiger partial charge in [-0.25, -0.2) is 13.1 Å². The van der Waals surface area contributed by atoms with E-state index >= 15 is 0 Å². The molecule has 1 aromatic rings. The molecule has 0 aromatic heterocycles. The molecule has 0 heterocycles. The summed E-state index contributed by atoms with van der Waals surface area (Å²) in [4.78, 5) is 11.2. The lowest BCUT2D eigenvalue weighted by Crippen LogP contribution is -2.30. The van der Waals surface area contributed by atoms with Crippen LogP contribution in [0.3, 0.4) is 0 Å². The smallest absolute Gasteiger partial charge is 0.322 e. The third-order valence-corrected chi connectivity index (χ3v) is 3.64. The number of ether oxygens (including phenoxy) is 1. The number of rotatable bonds is 6. The van der Waals surface area contributed by atoms with Crippen molar-refractivity contribution in [3.63, 3.8) is 0 Å². The molecular weight excluding hydrogens is 292 g/mol. The second-order valence-electron chi connectivity index (χ2n) is 4.05. The predicted octanol–water partition coefficient (Wildman–Crippen LogP) is -0.0207. The minimum Gasteiger partial charge on any atom is -0.465 e. The summed E-state index contributed by atoms with van der Waals surface area (Å²) in [6.07, 6.45) is 0. The van der Waals surface area contributed by atoms with Crippen LogP contribution in [0.4, 0.5) is 0 Å². The summed E-state index contributed by atoms with van der Waals surface area (Å²) < 4.78 is 30.5. The molecule has 114 valence electrons. The Labute approximate surface area is 124 Å². The van der Waals surface area contributed by atoms with E-state index in [2.05, 4.69) is 21.3 Å². The van der Waals surface area contributed by atoms with Gasteiger partial charge in [-0.05, 0) is 18.6 Å². The third-order valence-electron chi connectivity index (χ3n) is 2.44. The summed E-state index contributed by atoms with van der Waals surface area (Å²) >= 11 is 0. The van der Waals surface area contributed by atoms with Crippen molar-refractivity contribution in [2.45, 2.75) is 13.5 Å². The number of carbonyl (C=O) groups excluding carboxylic acids is 1. The van der Waals surface area contributed by atoms with Crippen molar-refractivity contribution in [3.8, 4) is 11.8 Å². The molecule has 0 bridgehead atoms. The minimum atomic E-state index is -3.74. The Morgan fingerprint density at radius 1 is 1.38 bits per heavy atom. The Hall–Kier alpha value is -1.88. The Kier molecular flexibility index (Phi) is 6.88. The number of hydrogen-bond acceptors (Lipinski definition) is 5. The monoisotopic (exact) mass is 310 g/mol. The zero-order chi connectivity index (χ0) is 15.7. The molecule has 0 unspecified atom stereocenters. The fourth-order valence-electron chi connectivity index (χ4n) is 1.54. The van der Waals surface area contributed by atoms with E-state index in [1.807, 2.05) is 0 Å². The highest BCUT2D eigenvalue weighted by Gasteiger charge is 2.17. The Bertz CT molecular complexity index is 644. The van der Waals surface area contributed by atoms with E-state index in [0.29, 0.717) is 11.1 Å². The molecule has 0 aliphatic carbocycles. The van der Waals surface area contributed by atoms with Gasteiger partial charge in [0.1, 0.15) is 0 Å². The minimum absolute atomic E-state index is 0.0527. The van der Waals surface area contributed by atoms with Crippen molar-refractivity contribution in [2.24, 2.45) is 5.73 Å². The quantitative estimate of drug-likeness (QED) is 0.568. The summed E-state index contributed by atoms with van der Waals surface area (Å²) in [5.41, 5.74) is 6.73. The van der Waals surface area contributed by atoms with Gasteiger partial charge in [0.2, 0.25) is 10.0 Å². The van der Waals surface area contributed by atoms with Gasteiger partial charge in [-0.2, -0.15) is 0 Å². The van der Waals surface area contributed by atoms with Crippen LogP contribution in [0.5, 0.6) is 0 Å². The van der Waals surface area contributed by atoms with Gasteiger partial charge in [0.25, 0.3) is 0 Å². The van der Waals surface area contributed by atoms with Crippen LogP contribution in [0.15, 0.2) is 24.3 Å². The molecule has 0 atom stereocenters. The molecule has 1 aromatic carbocycles. The predicted molar refractivity (Wildman–Crippen MR) is 79.6 cm³/mol. The maximum absolute atomic E-state index is 11.7. The average Bonchev–Trinajstić information content (AvgIpc) is 2.43. The summed E-state index contributed by atoms with van der Waals surface area (Å²) in [5, 5.41) is 0. The van der Waals surface area contributed by atoms with Gasteiger partial charge in [-0.3, -0.25) is 4.79 Å². The second kappa shape index (κ2) is 8.42. The SMILES string of the molecule is CCOC(=O)CS(=O)(=O)NCc1ccccc1C#CCN. The largest absolute Gasteiger partial charge is 0.465 e. The first-order valence-corrected chi connectivity index (χ1v) is 8.03. The summed E-state index contributed by atoms with van der Waals surface area (Å²) in [6.45, 7) is 2.04. The lowest BCUT2D eigenvalue weighted by atomic mass is 10.1. The van der Waals surface area contributed by atoms with E-state index in [4.69, 9.17) is 5.73 Å². The van der Waals surface area contributed by atoms with Crippen molar-refractivity contribution >= 4 is 16.0 Å². The molecular formula is C14H18N2O4S. The molecule has 0 spiro atoms. The first-order chi connectivity index (χ1) is 9.98. The number of hydrogen-bond donors (Lipinski definition) is 2. The molecule has 0 aliphatic heterocycles. The summed E-state index contributed by atoms with van der Waals surface area (Å²) in [7, 11) is -3.74. The van der Waals surface area contributed by atoms with Gasteiger partial charge < -0.3 is 10.5 Å². The first kappa shape index (κ1) is 17.2. The van der Waals surface area contributed by atoms with Gasteiger partial charge in [0.05, 0.1) is 13.2 Å². The summed E-state index contributed by atoms with van der Waals surface area (Å²) in [5.74, 6) is 4.11. The highest BCUT2D eigenvalue weighted by Crippen LogP contribution is 2.07. The van der Waals surface area contributed by atoms with Crippen molar-refractivity contribution in [1.82, 2.24) is 4.72 Å². The molecule has 0 saturated heterocycles. The fourth-order valence-corrected chi connectivity index (χ4v) is 2.41. The van der Waals surface area contributed by atoms with Crippen molar-refractivity contribution in [2.75, 3.05) is 18.9 Å². The number of nitrogens with one attached hydrogen (secondary N) is 1.